The van der Waals surface area contributed by atoms with Gasteiger partial charge in [0.05, 0.1) is 31.1 Å². The number of fused-ring (bicyclic) bond motifs is 3. The Labute approximate surface area is 194 Å². The third kappa shape index (κ3) is 4.50. The van der Waals surface area contributed by atoms with Crippen molar-refractivity contribution in [2.45, 2.75) is 52.5 Å². The number of piperidine rings is 1. The van der Waals surface area contributed by atoms with E-state index in [2.05, 4.69) is 11.8 Å². The molecule has 0 radical (unpaired) electrons. The van der Waals surface area contributed by atoms with Crippen molar-refractivity contribution < 1.29 is 19.2 Å². The molecule has 2 fully saturated rings. The maximum atomic E-state index is 12.5. The normalized spacial score (nSPS) is 24.5. The number of quaternary nitrogens is 1. The van der Waals surface area contributed by atoms with Gasteiger partial charge < -0.3 is 19.3 Å². The number of morpholine rings is 1. The molecule has 2 saturated heterocycles. The summed E-state index contributed by atoms with van der Waals surface area (Å²) in [4.78, 5) is 29.2. The Morgan fingerprint density at radius 3 is 2.94 bits per heavy atom. The van der Waals surface area contributed by atoms with Gasteiger partial charge in [0.2, 0.25) is 0 Å². The number of esters is 1. The Kier molecular flexibility index (Phi) is 6.62. The van der Waals surface area contributed by atoms with Gasteiger partial charge in [0.25, 0.3) is 0 Å². The largest absolute Gasteiger partial charge is 0.466 e. The number of hydrogen-bond donors (Lipinski definition) is 1. The Bertz CT molecular complexity index is 972. The van der Waals surface area contributed by atoms with Crippen LogP contribution in [0, 0.1) is 11.8 Å². The highest BCUT2D eigenvalue weighted by molar-refractivity contribution is 7.19. The molecule has 0 amide bonds. The van der Waals surface area contributed by atoms with Crippen molar-refractivity contribution in [2.75, 3.05) is 50.9 Å². The van der Waals surface area contributed by atoms with Crippen LogP contribution in [0.2, 0.25) is 0 Å². The number of carbonyl (C=O) groups is 1. The molecule has 1 aliphatic carbocycles. The quantitative estimate of drug-likeness (QED) is 0.690. The molecule has 7 nitrogen and oxygen atoms in total. The van der Waals surface area contributed by atoms with Crippen LogP contribution in [0.4, 0.5) is 5.82 Å². The van der Waals surface area contributed by atoms with Crippen LogP contribution in [0.15, 0.2) is 0 Å². The molecule has 0 saturated carbocycles. The molecule has 2 atom stereocenters. The second-order valence-electron chi connectivity index (χ2n) is 9.57. The smallest absolute Gasteiger partial charge is 0.310 e. The third-order valence-corrected chi connectivity index (χ3v) is 8.28. The molecule has 5 rings (SSSR count). The lowest BCUT2D eigenvalue weighted by Crippen LogP contribution is -3.12. The highest BCUT2D eigenvalue weighted by Gasteiger charge is 2.32. The number of ether oxygens (including phenoxy) is 2. The molecule has 174 valence electrons. The van der Waals surface area contributed by atoms with E-state index in [1.165, 1.54) is 27.1 Å². The van der Waals surface area contributed by atoms with E-state index in [1.807, 2.05) is 18.3 Å². The summed E-state index contributed by atoms with van der Waals surface area (Å²) < 4.78 is 10.9. The number of aryl methyl sites for hydroxylation is 1. The summed E-state index contributed by atoms with van der Waals surface area (Å²) in [7, 11) is 0. The molecule has 2 aromatic heterocycles. The summed E-state index contributed by atoms with van der Waals surface area (Å²) in [6, 6.07) is 0. The van der Waals surface area contributed by atoms with Gasteiger partial charge in [-0.2, -0.15) is 0 Å². The molecule has 2 aliphatic heterocycles. The average Bonchev–Trinajstić information content (AvgIpc) is 3.16. The predicted molar refractivity (Wildman–Crippen MR) is 125 cm³/mol. The molecular formula is C24H35N4O3S+. The van der Waals surface area contributed by atoms with Gasteiger partial charge in [-0.25, -0.2) is 9.97 Å². The second-order valence-corrected chi connectivity index (χ2v) is 10.7. The van der Waals surface area contributed by atoms with Crippen molar-refractivity contribution >= 4 is 33.3 Å². The monoisotopic (exact) mass is 459 g/mol. The van der Waals surface area contributed by atoms with Crippen LogP contribution in [0.3, 0.4) is 0 Å². The van der Waals surface area contributed by atoms with Crippen molar-refractivity contribution in [3.8, 4) is 0 Å². The Hall–Kier alpha value is -1.77. The molecule has 8 heteroatoms. The highest BCUT2D eigenvalue weighted by Crippen LogP contribution is 2.41. The van der Waals surface area contributed by atoms with Gasteiger partial charge in [-0.05, 0) is 50.5 Å². The fourth-order valence-corrected chi connectivity index (χ4v) is 6.75. The Morgan fingerprint density at radius 2 is 2.12 bits per heavy atom. The van der Waals surface area contributed by atoms with Gasteiger partial charge in [-0.3, -0.25) is 4.79 Å². The van der Waals surface area contributed by atoms with Gasteiger partial charge in [0, 0.05) is 18.0 Å². The van der Waals surface area contributed by atoms with Crippen molar-refractivity contribution in [3.05, 3.63) is 16.3 Å². The molecular weight excluding hydrogens is 424 g/mol. The van der Waals surface area contributed by atoms with E-state index in [1.54, 1.807) is 0 Å². The maximum absolute atomic E-state index is 12.5. The predicted octanol–water partition coefficient (Wildman–Crippen LogP) is 2.01. The lowest BCUT2D eigenvalue weighted by molar-refractivity contribution is -0.922. The molecule has 1 N–H and O–H groups in total. The summed E-state index contributed by atoms with van der Waals surface area (Å²) in [6.45, 7) is 10.8. The molecule has 4 heterocycles. The van der Waals surface area contributed by atoms with Gasteiger partial charge >= 0.3 is 5.97 Å². The fourth-order valence-electron chi connectivity index (χ4n) is 5.36. The van der Waals surface area contributed by atoms with Gasteiger partial charge in [-0.15, -0.1) is 11.3 Å². The van der Waals surface area contributed by atoms with E-state index >= 15 is 0 Å². The fraction of sp³-hybridized carbons (Fsp3) is 0.708. The van der Waals surface area contributed by atoms with Gasteiger partial charge in [-0.1, -0.05) is 6.92 Å². The number of nitrogens with zero attached hydrogens (tertiary/aromatic N) is 3. The number of anilines is 1. The first-order valence-corrected chi connectivity index (χ1v) is 13.1. The van der Waals surface area contributed by atoms with Crippen LogP contribution in [0.25, 0.3) is 10.2 Å². The molecule has 32 heavy (non-hydrogen) atoms. The summed E-state index contributed by atoms with van der Waals surface area (Å²) >= 11 is 1.87. The van der Waals surface area contributed by atoms with Crippen LogP contribution in [-0.4, -0.2) is 61.9 Å². The number of hydrogen-bond acceptors (Lipinski definition) is 7. The maximum Gasteiger partial charge on any atom is 0.310 e. The number of rotatable bonds is 5. The van der Waals surface area contributed by atoms with E-state index in [0.717, 1.165) is 87.5 Å². The molecule has 0 bridgehead atoms. The molecule has 0 spiro atoms. The summed E-state index contributed by atoms with van der Waals surface area (Å²) in [5.74, 6) is 2.57. The van der Waals surface area contributed by atoms with E-state index in [0.29, 0.717) is 13.2 Å². The van der Waals surface area contributed by atoms with Crippen LogP contribution >= 0.6 is 11.3 Å². The Balaban J connectivity index is 1.51. The van der Waals surface area contributed by atoms with Crippen LogP contribution in [0.1, 0.15) is 49.4 Å². The zero-order valence-electron chi connectivity index (χ0n) is 19.3. The van der Waals surface area contributed by atoms with E-state index < -0.39 is 0 Å². The summed E-state index contributed by atoms with van der Waals surface area (Å²) in [5.41, 5.74) is 1.46. The number of nitrogens with one attached hydrogen (secondary N) is 1. The van der Waals surface area contributed by atoms with Gasteiger partial charge in [0.1, 0.15) is 30.3 Å². The number of aromatic nitrogens is 2. The number of carbonyl (C=O) groups excluding carboxylic acids is 1. The second kappa shape index (κ2) is 9.61. The third-order valence-electron chi connectivity index (χ3n) is 7.13. The lowest BCUT2D eigenvalue weighted by Gasteiger charge is -2.33. The van der Waals surface area contributed by atoms with Crippen LogP contribution in [-0.2, 0) is 33.7 Å². The molecule has 0 unspecified atom stereocenters. The molecule has 0 aromatic carbocycles. The summed E-state index contributed by atoms with van der Waals surface area (Å²) in [5, 5.41) is 1.25. The lowest BCUT2D eigenvalue weighted by atomic mass is 9.89. The minimum atomic E-state index is -0.0727. The average molecular weight is 460 g/mol. The zero-order chi connectivity index (χ0) is 22.1. The topological polar surface area (TPSA) is 69.0 Å². The zero-order valence-corrected chi connectivity index (χ0v) is 20.1. The van der Waals surface area contributed by atoms with Crippen molar-refractivity contribution in [2.24, 2.45) is 11.8 Å². The van der Waals surface area contributed by atoms with E-state index in [-0.39, 0.29) is 11.9 Å². The van der Waals surface area contributed by atoms with Gasteiger partial charge in [0.15, 0.2) is 5.82 Å². The Morgan fingerprint density at radius 1 is 1.28 bits per heavy atom. The number of thiophene rings is 1. The first-order chi connectivity index (χ1) is 15.6. The SMILES string of the molecule is CCOC(=O)[C@H]1CCCN(c2nc(C[NH+]3CCOCC3)nc3sc4c(c23)CC[C@H](C)C4)C1. The van der Waals surface area contributed by atoms with Crippen LogP contribution < -0.4 is 9.80 Å². The summed E-state index contributed by atoms with van der Waals surface area (Å²) in [6.07, 6.45) is 5.36. The van der Waals surface area contributed by atoms with Crippen LogP contribution in [0.5, 0.6) is 0 Å². The van der Waals surface area contributed by atoms with E-state index in [9.17, 15) is 4.79 Å². The minimum absolute atomic E-state index is 0.0679. The minimum Gasteiger partial charge on any atom is -0.466 e. The molecule has 2 aromatic rings. The van der Waals surface area contributed by atoms with Crippen molar-refractivity contribution in [1.82, 2.24) is 9.97 Å². The first kappa shape index (κ1) is 22.0. The van der Waals surface area contributed by atoms with Crippen molar-refractivity contribution in [1.29, 1.82) is 0 Å². The first-order valence-electron chi connectivity index (χ1n) is 12.3. The highest BCUT2D eigenvalue weighted by atomic mass is 32.1. The standard InChI is InChI=1S/C24H34N4O3S/c1-3-31-24(29)17-5-4-8-28(14-17)22-21-18-7-6-16(2)13-19(18)32-23(21)26-20(25-22)15-27-9-11-30-12-10-27/h16-17H,3-15H2,1-2H3/p+1/t16-,17-/m0/s1. The van der Waals surface area contributed by atoms with E-state index in [4.69, 9.17) is 19.4 Å². The molecule has 3 aliphatic rings. The van der Waals surface area contributed by atoms with Crippen molar-refractivity contribution in [3.63, 3.8) is 0 Å².